The predicted octanol–water partition coefficient (Wildman–Crippen LogP) is 8.95. The second kappa shape index (κ2) is 29.6. The van der Waals surface area contributed by atoms with E-state index in [0.29, 0.717) is 6.42 Å². The predicted molar refractivity (Wildman–Crippen MR) is 241 cm³/mol. The first-order valence-corrected chi connectivity index (χ1v) is 22.5. The number of rotatable bonds is 29. The fourth-order valence-corrected chi connectivity index (χ4v) is 6.62. The number of nitrogens with one attached hydrogen (secondary N) is 3. The molecule has 3 N–H and O–H groups in total. The van der Waals surface area contributed by atoms with Crippen molar-refractivity contribution >= 4 is 35.8 Å². The van der Waals surface area contributed by atoms with Crippen LogP contribution in [0.4, 0.5) is 4.79 Å². The quantitative estimate of drug-likeness (QED) is 0.0347. The average molecular weight is 872 g/mol. The molecule has 3 rings (SSSR count). The zero-order valence-electron chi connectivity index (χ0n) is 37.7. The molecule has 3 aromatic carbocycles. The van der Waals surface area contributed by atoms with Crippen LogP contribution in [0, 0.1) is 0 Å². The van der Waals surface area contributed by atoms with Gasteiger partial charge in [-0.1, -0.05) is 149 Å². The summed E-state index contributed by atoms with van der Waals surface area (Å²) >= 11 is 0. The zero-order valence-corrected chi connectivity index (χ0v) is 37.7. The number of esters is 3. The van der Waals surface area contributed by atoms with Crippen LogP contribution in [0.15, 0.2) is 91.0 Å². The largest absolute Gasteiger partial charge is 0.459 e. The van der Waals surface area contributed by atoms with E-state index in [1.54, 1.807) is 45.0 Å². The Bertz CT molecular complexity index is 1800. The summed E-state index contributed by atoms with van der Waals surface area (Å²) in [5.74, 6) is -2.94. The Morgan fingerprint density at radius 3 is 1.24 bits per heavy atom. The van der Waals surface area contributed by atoms with Gasteiger partial charge < -0.3 is 34.9 Å². The van der Waals surface area contributed by atoms with Crippen LogP contribution >= 0.6 is 0 Å². The van der Waals surface area contributed by atoms with Gasteiger partial charge in [-0.2, -0.15) is 0 Å². The molecule has 3 atom stereocenters. The van der Waals surface area contributed by atoms with E-state index < -0.39 is 53.6 Å². The fraction of sp³-hybridized carbons (Fsp3) is 0.520. The molecule has 0 aliphatic heterocycles. The van der Waals surface area contributed by atoms with Crippen molar-refractivity contribution in [2.24, 2.45) is 0 Å². The standard InChI is InChI=1S/C50H69N3O10/c1-5-6-7-8-9-10-11-12-22-32-44(54)52-43(48(58)62-37-40-28-20-15-21-29-40)33-34-45(55)51-41(46(56)60-35-38-24-16-13-17-25-38)30-23-31-42(53-49(59)63-50(2,3)4)47(57)61-36-39-26-18-14-19-27-39/h13-21,24-29,41-43H,5-12,22-23,30-37H2,1-4H3,(H,51,55)(H,52,54)(H,53,59)/t41?,42?,43-/m1/s1. The molecular weight excluding hydrogens is 803 g/mol. The number of hydrogen-bond donors (Lipinski definition) is 3. The molecule has 2 unspecified atom stereocenters. The maximum Gasteiger partial charge on any atom is 0.408 e. The lowest BCUT2D eigenvalue weighted by Gasteiger charge is -2.24. The van der Waals surface area contributed by atoms with E-state index in [4.69, 9.17) is 18.9 Å². The van der Waals surface area contributed by atoms with E-state index in [1.165, 1.54) is 32.1 Å². The van der Waals surface area contributed by atoms with Gasteiger partial charge in [0.25, 0.3) is 0 Å². The molecule has 3 aromatic rings. The number of amides is 3. The maximum absolute atomic E-state index is 13.6. The van der Waals surface area contributed by atoms with Crippen LogP contribution in [0.1, 0.15) is 141 Å². The van der Waals surface area contributed by atoms with E-state index in [0.717, 1.165) is 36.0 Å². The molecule has 13 heteroatoms. The minimum atomic E-state index is -1.14. The SMILES string of the molecule is CCCCCCCCCCCC(=O)N[C@H](CCC(=O)NC(CCCC(NC(=O)OC(C)(C)C)C(=O)OCc1ccccc1)C(=O)OCc1ccccc1)C(=O)OCc1ccccc1. The van der Waals surface area contributed by atoms with Crippen molar-refractivity contribution in [1.82, 2.24) is 16.0 Å². The average Bonchev–Trinajstić information content (AvgIpc) is 3.27. The monoisotopic (exact) mass is 871 g/mol. The number of benzene rings is 3. The third-order valence-electron chi connectivity index (χ3n) is 10.0. The van der Waals surface area contributed by atoms with Crippen molar-refractivity contribution in [2.45, 2.75) is 168 Å². The Morgan fingerprint density at radius 1 is 0.460 bits per heavy atom. The molecule has 0 saturated carbocycles. The van der Waals surface area contributed by atoms with Gasteiger partial charge in [-0.3, -0.25) is 9.59 Å². The van der Waals surface area contributed by atoms with Crippen LogP contribution in [-0.4, -0.2) is 59.5 Å². The molecule has 0 spiro atoms. The number of hydrogen-bond acceptors (Lipinski definition) is 10. The number of ether oxygens (including phenoxy) is 4. The van der Waals surface area contributed by atoms with Gasteiger partial charge in [0.2, 0.25) is 11.8 Å². The molecule has 344 valence electrons. The molecule has 0 aliphatic rings. The molecule has 3 amide bonds. The van der Waals surface area contributed by atoms with Gasteiger partial charge in [0, 0.05) is 12.8 Å². The second-order valence-electron chi connectivity index (χ2n) is 16.8. The fourth-order valence-electron chi connectivity index (χ4n) is 6.62. The Morgan fingerprint density at radius 2 is 0.825 bits per heavy atom. The summed E-state index contributed by atoms with van der Waals surface area (Å²) in [6.45, 7) is 7.24. The molecule has 63 heavy (non-hydrogen) atoms. The topological polar surface area (TPSA) is 175 Å². The van der Waals surface area contributed by atoms with E-state index in [9.17, 15) is 28.8 Å². The third-order valence-corrected chi connectivity index (χ3v) is 10.0. The number of alkyl carbamates (subject to hydrolysis) is 1. The van der Waals surface area contributed by atoms with Gasteiger partial charge >= 0.3 is 24.0 Å². The van der Waals surface area contributed by atoms with E-state index in [2.05, 4.69) is 22.9 Å². The number of unbranched alkanes of at least 4 members (excludes halogenated alkanes) is 8. The van der Waals surface area contributed by atoms with Gasteiger partial charge in [-0.15, -0.1) is 0 Å². The lowest BCUT2D eigenvalue weighted by molar-refractivity contribution is -0.150. The highest BCUT2D eigenvalue weighted by molar-refractivity contribution is 5.87. The Hall–Kier alpha value is -5.72. The van der Waals surface area contributed by atoms with E-state index in [1.807, 2.05) is 66.7 Å². The minimum absolute atomic E-state index is 0.00456. The molecule has 0 aromatic heterocycles. The smallest absolute Gasteiger partial charge is 0.408 e. The summed E-state index contributed by atoms with van der Waals surface area (Å²) in [6.07, 6.45) is 9.26. The van der Waals surface area contributed by atoms with Crippen LogP contribution in [-0.2, 0) is 62.7 Å². The van der Waals surface area contributed by atoms with E-state index in [-0.39, 0.29) is 64.3 Å². The van der Waals surface area contributed by atoms with Crippen molar-refractivity contribution in [1.29, 1.82) is 0 Å². The van der Waals surface area contributed by atoms with E-state index >= 15 is 0 Å². The maximum atomic E-state index is 13.6. The summed E-state index contributed by atoms with van der Waals surface area (Å²) in [4.78, 5) is 79.6. The van der Waals surface area contributed by atoms with Crippen LogP contribution in [0.2, 0.25) is 0 Å². The molecule has 13 nitrogen and oxygen atoms in total. The number of carbonyl (C=O) groups is 6. The van der Waals surface area contributed by atoms with Crippen LogP contribution in [0.25, 0.3) is 0 Å². The summed E-state index contributed by atoms with van der Waals surface area (Å²) in [6, 6.07) is 23.9. The first-order valence-electron chi connectivity index (χ1n) is 22.5. The molecule has 0 radical (unpaired) electrons. The normalized spacial score (nSPS) is 12.5. The summed E-state index contributed by atoms with van der Waals surface area (Å²) < 4.78 is 22.1. The summed E-state index contributed by atoms with van der Waals surface area (Å²) in [7, 11) is 0. The highest BCUT2D eigenvalue weighted by atomic mass is 16.6. The number of carbonyl (C=O) groups excluding carboxylic acids is 6. The summed E-state index contributed by atoms with van der Waals surface area (Å²) in [5.41, 5.74) is 1.45. The Balaban J connectivity index is 1.66. The lowest BCUT2D eigenvalue weighted by atomic mass is 10.0. The molecule has 0 heterocycles. The molecule has 0 saturated heterocycles. The summed E-state index contributed by atoms with van der Waals surface area (Å²) in [5, 5.41) is 8.12. The van der Waals surface area contributed by atoms with Gasteiger partial charge in [0.1, 0.15) is 43.5 Å². The van der Waals surface area contributed by atoms with Gasteiger partial charge in [0.15, 0.2) is 0 Å². The van der Waals surface area contributed by atoms with Crippen molar-refractivity contribution in [3.8, 4) is 0 Å². The minimum Gasteiger partial charge on any atom is -0.459 e. The van der Waals surface area contributed by atoms with Gasteiger partial charge in [-0.05, 0) is 69.6 Å². The van der Waals surface area contributed by atoms with Crippen molar-refractivity contribution in [3.05, 3.63) is 108 Å². The zero-order chi connectivity index (χ0) is 45.7. The van der Waals surface area contributed by atoms with Crippen molar-refractivity contribution < 1.29 is 47.7 Å². The Kier molecular flexibility index (Phi) is 24.2. The molecule has 0 bridgehead atoms. The van der Waals surface area contributed by atoms with Gasteiger partial charge in [-0.25, -0.2) is 19.2 Å². The van der Waals surface area contributed by atoms with Crippen LogP contribution < -0.4 is 16.0 Å². The molecule has 0 aliphatic carbocycles. The molecule has 0 fully saturated rings. The first kappa shape index (κ1) is 51.6. The molecular formula is C50H69N3O10. The second-order valence-corrected chi connectivity index (χ2v) is 16.8. The van der Waals surface area contributed by atoms with Gasteiger partial charge in [0.05, 0.1) is 0 Å². The third kappa shape index (κ3) is 23.3. The Labute approximate surface area is 373 Å². The highest BCUT2D eigenvalue weighted by Gasteiger charge is 2.29. The van der Waals surface area contributed by atoms with Crippen LogP contribution in [0.5, 0.6) is 0 Å². The first-order chi connectivity index (χ1) is 30.3. The highest BCUT2D eigenvalue weighted by Crippen LogP contribution is 2.15. The lowest BCUT2D eigenvalue weighted by Crippen LogP contribution is -2.46. The van der Waals surface area contributed by atoms with Crippen molar-refractivity contribution in [3.63, 3.8) is 0 Å². The van der Waals surface area contributed by atoms with Crippen LogP contribution in [0.3, 0.4) is 0 Å². The van der Waals surface area contributed by atoms with Crippen molar-refractivity contribution in [2.75, 3.05) is 0 Å².